The van der Waals surface area contributed by atoms with E-state index in [1.54, 1.807) is 0 Å². The summed E-state index contributed by atoms with van der Waals surface area (Å²) in [6.07, 6.45) is 8.74. The van der Waals surface area contributed by atoms with Gasteiger partial charge in [0.1, 0.15) is 0 Å². The Morgan fingerprint density at radius 3 is 2.10 bits per heavy atom. The normalized spacial score (nSPS) is 13.1. The Morgan fingerprint density at radius 2 is 1.33 bits per heavy atom. The van der Waals surface area contributed by atoms with Gasteiger partial charge in [-0.1, -0.05) is 60.7 Å². The standard InChI is InChI=1S/C28H24N2/c1-3-11-24(12-4-1)29-25-16-19-27(20-17-25)30(26-13-5-2-6-14-26)28-18-15-22-9-7-8-10-23(22)21-28/h1-5,7-13,15-21,29H,6,14H2. The zero-order chi connectivity index (χ0) is 20.2. The molecule has 0 bridgehead atoms. The molecule has 4 aromatic carbocycles. The van der Waals surface area contributed by atoms with E-state index in [0.29, 0.717) is 0 Å². The minimum atomic E-state index is 1.04. The number of rotatable bonds is 5. The molecule has 0 aromatic heterocycles. The van der Waals surface area contributed by atoms with Gasteiger partial charge in [0.25, 0.3) is 0 Å². The molecule has 0 fully saturated rings. The highest BCUT2D eigenvalue weighted by Crippen LogP contribution is 2.35. The Morgan fingerprint density at radius 1 is 0.633 bits per heavy atom. The smallest absolute Gasteiger partial charge is 0.0464 e. The van der Waals surface area contributed by atoms with Crippen molar-refractivity contribution in [3.05, 3.63) is 121 Å². The summed E-state index contributed by atoms with van der Waals surface area (Å²) in [5, 5.41) is 5.99. The van der Waals surface area contributed by atoms with Crippen molar-refractivity contribution in [2.24, 2.45) is 0 Å². The molecule has 1 aliphatic carbocycles. The van der Waals surface area contributed by atoms with Gasteiger partial charge in [0.15, 0.2) is 0 Å². The Balaban J connectivity index is 1.51. The van der Waals surface area contributed by atoms with Crippen LogP contribution in [0.5, 0.6) is 0 Å². The topological polar surface area (TPSA) is 15.3 Å². The van der Waals surface area contributed by atoms with Crippen molar-refractivity contribution in [3.8, 4) is 0 Å². The lowest BCUT2D eigenvalue weighted by atomic mass is 10.1. The van der Waals surface area contributed by atoms with Crippen molar-refractivity contribution in [3.63, 3.8) is 0 Å². The number of hydrogen-bond acceptors (Lipinski definition) is 2. The van der Waals surface area contributed by atoms with Crippen LogP contribution >= 0.6 is 0 Å². The van der Waals surface area contributed by atoms with E-state index in [9.17, 15) is 0 Å². The molecule has 0 saturated heterocycles. The summed E-state index contributed by atoms with van der Waals surface area (Å²) >= 11 is 0. The maximum Gasteiger partial charge on any atom is 0.0464 e. The number of para-hydroxylation sites is 1. The molecule has 0 unspecified atom stereocenters. The van der Waals surface area contributed by atoms with Crippen LogP contribution in [0, 0.1) is 0 Å². The second-order valence-electron chi connectivity index (χ2n) is 7.53. The van der Waals surface area contributed by atoms with Crippen LogP contribution in [0.2, 0.25) is 0 Å². The molecule has 2 heteroatoms. The first-order valence-electron chi connectivity index (χ1n) is 10.4. The van der Waals surface area contributed by atoms with Crippen LogP contribution in [0.25, 0.3) is 10.8 Å². The predicted octanol–water partition coefficient (Wildman–Crippen LogP) is 7.96. The van der Waals surface area contributed by atoms with Crippen molar-refractivity contribution in [1.82, 2.24) is 0 Å². The zero-order valence-corrected chi connectivity index (χ0v) is 16.8. The summed E-state index contributed by atoms with van der Waals surface area (Å²) < 4.78 is 0. The molecule has 0 amide bonds. The summed E-state index contributed by atoms with van der Waals surface area (Å²) in [6, 6.07) is 34.2. The van der Waals surface area contributed by atoms with Crippen molar-refractivity contribution in [2.45, 2.75) is 12.8 Å². The summed E-state index contributed by atoms with van der Waals surface area (Å²) in [5.74, 6) is 0. The third-order valence-corrected chi connectivity index (χ3v) is 5.46. The van der Waals surface area contributed by atoms with Gasteiger partial charge in [-0.05, 0) is 78.2 Å². The van der Waals surface area contributed by atoms with Crippen LogP contribution in [0.4, 0.5) is 22.7 Å². The molecular weight excluding hydrogens is 364 g/mol. The number of anilines is 4. The van der Waals surface area contributed by atoms with E-state index in [2.05, 4.69) is 107 Å². The maximum absolute atomic E-state index is 3.47. The largest absolute Gasteiger partial charge is 0.356 e. The van der Waals surface area contributed by atoms with E-state index >= 15 is 0 Å². The molecule has 146 valence electrons. The average Bonchev–Trinajstić information content (AvgIpc) is 2.82. The quantitative estimate of drug-likeness (QED) is 0.373. The highest BCUT2D eigenvalue weighted by atomic mass is 15.1. The minimum absolute atomic E-state index is 1.04. The molecule has 0 radical (unpaired) electrons. The van der Waals surface area contributed by atoms with Crippen molar-refractivity contribution in [2.75, 3.05) is 10.2 Å². The first kappa shape index (κ1) is 18.3. The Kier molecular flexibility index (Phi) is 5.05. The first-order chi connectivity index (χ1) is 14.9. The summed E-state index contributed by atoms with van der Waals surface area (Å²) in [7, 11) is 0. The second-order valence-corrected chi connectivity index (χ2v) is 7.53. The van der Waals surface area contributed by atoms with Gasteiger partial charge in [0.05, 0.1) is 0 Å². The van der Waals surface area contributed by atoms with Crippen molar-refractivity contribution in [1.29, 1.82) is 0 Å². The van der Waals surface area contributed by atoms with Crippen LogP contribution in [-0.2, 0) is 0 Å². The Hall–Kier alpha value is -3.78. The number of nitrogens with zero attached hydrogens (tertiary/aromatic N) is 1. The Labute approximate surface area is 177 Å². The molecule has 0 heterocycles. The van der Waals surface area contributed by atoms with E-state index in [1.807, 2.05) is 18.2 Å². The molecule has 30 heavy (non-hydrogen) atoms. The van der Waals surface area contributed by atoms with Crippen LogP contribution in [0.3, 0.4) is 0 Å². The molecule has 1 aliphatic rings. The third-order valence-electron chi connectivity index (χ3n) is 5.46. The lowest BCUT2D eigenvalue weighted by molar-refractivity contribution is 0.918. The highest BCUT2D eigenvalue weighted by Gasteiger charge is 2.16. The zero-order valence-electron chi connectivity index (χ0n) is 16.8. The predicted molar refractivity (Wildman–Crippen MR) is 129 cm³/mol. The van der Waals surface area contributed by atoms with Gasteiger partial charge in [0.2, 0.25) is 0 Å². The summed E-state index contributed by atoms with van der Waals surface area (Å²) in [5.41, 5.74) is 5.86. The number of nitrogens with one attached hydrogen (secondary N) is 1. The highest BCUT2D eigenvalue weighted by molar-refractivity contribution is 5.87. The van der Waals surface area contributed by atoms with Gasteiger partial charge in [-0.2, -0.15) is 0 Å². The number of allylic oxidation sites excluding steroid dienone is 4. The molecule has 0 spiro atoms. The molecule has 0 atom stereocenters. The fourth-order valence-electron chi connectivity index (χ4n) is 3.95. The van der Waals surface area contributed by atoms with Crippen LogP contribution in [-0.4, -0.2) is 0 Å². The van der Waals surface area contributed by atoms with E-state index in [1.165, 1.54) is 27.8 Å². The van der Waals surface area contributed by atoms with Crippen molar-refractivity contribution < 1.29 is 0 Å². The number of fused-ring (bicyclic) bond motifs is 1. The molecular formula is C28H24N2. The lowest BCUT2D eigenvalue weighted by Gasteiger charge is -2.29. The number of hydrogen-bond donors (Lipinski definition) is 1. The molecule has 0 aliphatic heterocycles. The van der Waals surface area contributed by atoms with Crippen LogP contribution < -0.4 is 10.2 Å². The maximum atomic E-state index is 3.47. The fraction of sp³-hybridized carbons (Fsp3) is 0.0714. The van der Waals surface area contributed by atoms with Crippen LogP contribution in [0.1, 0.15) is 12.8 Å². The van der Waals surface area contributed by atoms with E-state index in [4.69, 9.17) is 0 Å². The molecule has 1 N–H and O–H groups in total. The minimum Gasteiger partial charge on any atom is -0.356 e. The van der Waals surface area contributed by atoms with E-state index < -0.39 is 0 Å². The van der Waals surface area contributed by atoms with Crippen LogP contribution in [0.15, 0.2) is 121 Å². The van der Waals surface area contributed by atoms with Gasteiger partial charge in [-0.15, -0.1) is 0 Å². The molecule has 0 saturated carbocycles. The molecule has 4 aromatic rings. The second kappa shape index (κ2) is 8.30. The third kappa shape index (κ3) is 3.85. The van der Waals surface area contributed by atoms with Gasteiger partial charge in [-0.3, -0.25) is 0 Å². The van der Waals surface area contributed by atoms with E-state index in [0.717, 1.165) is 24.2 Å². The monoisotopic (exact) mass is 388 g/mol. The lowest BCUT2D eigenvalue weighted by Crippen LogP contribution is -2.17. The van der Waals surface area contributed by atoms with Gasteiger partial charge >= 0.3 is 0 Å². The van der Waals surface area contributed by atoms with Crippen molar-refractivity contribution >= 4 is 33.5 Å². The average molecular weight is 389 g/mol. The van der Waals surface area contributed by atoms with Gasteiger partial charge in [-0.25, -0.2) is 0 Å². The summed E-state index contributed by atoms with van der Waals surface area (Å²) in [4.78, 5) is 2.38. The summed E-state index contributed by atoms with van der Waals surface area (Å²) in [6.45, 7) is 0. The first-order valence-corrected chi connectivity index (χ1v) is 10.4. The van der Waals surface area contributed by atoms with Gasteiger partial charge < -0.3 is 10.2 Å². The molecule has 2 nitrogen and oxygen atoms in total. The van der Waals surface area contributed by atoms with E-state index in [-0.39, 0.29) is 0 Å². The number of benzene rings is 4. The fourth-order valence-corrected chi connectivity index (χ4v) is 3.95. The SMILES string of the molecule is C1=CCCC(N(c2ccc(Nc3ccccc3)cc2)c2ccc3ccccc3c2)=C1. The molecule has 5 rings (SSSR count). The Bertz CT molecular complexity index is 1200. The van der Waals surface area contributed by atoms with Gasteiger partial charge in [0, 0.05) is 28.4 Å².